The quantitative estimate of drug-likeness (QED) is 0.412. The second kappa shape index (κ2) is 12.5. The number of amides is 2. The van der Waals surface area contributed by atoms with Crippen molar-refractivity contribution in [3.05, 3.63) is 95.6 Å². The fourth-order valence-electron chi connectivity index (χ4n) is 4.30. The lowest BCUT2D eigenvalue weighted by Crippen LogP contribution is -2.52. The van der Waals surface area contributed by atoms with Crippen molar-refractivity contribution in [3.63, 3.8) is 0 Å². The van der Waals surface area contributed by atoms with Gasteiger partial charge in [0.05, 0.1) is 10.6 Å². The van der Waals surface area contributed by atoms with Gasteiger partial charge in [-0.1, -0.05) is 67.6 Å². The average Bonchev–Trinajstić information content (AvgIpc) is 2.92. The van der Waals surface area contributed by atoms with Crippen LogP contribution in [0.2, 0.25) is 0 Å². The van der Waals surface area contributed by atoms with Gasteiger partial charge in [-0.15, -0.1) is 0 Å². The van der Waals surface area contributed by atoms with Crippen LogP contribution in [0.1, 0.15) is 30.0 Å². The van der Waals surface area contributed by atoms with E-state index in [1.807, 2.05) is 57.2 Å². The van der Waals surface area contributed by atoms with Crippen molar-refractivity contribution in [3.8, 4) is 0 Å². The molecule has 0 bridgehead atoms. The zero-order chi connectivity index (χ0) is 27.0. The van der Waals surface area contributed by atoms with E-state index in [4.69, 9.17) is 0 Å². The number of benzene rings is 3. The van der Waals surface area contributed by atoms with Crippen molar-refractivity contribution in [2.24, 2.45) is 0 Å². The molecule has 1 N–H and O–H groups in total. The Morgan fingerprint density at radius 3 is 2.11 bits per heavy atom. The van der Waals surface area contributed by atoms with Crippen molar-refractivity contribution in [1.29, 1.82) is 0 Å². The lowest BCUT2D eigenvalue weighted by atomic mass is 10.1. The summed E-state index contributed by atoms with van der Waals surface area (Å²) in [5.41, 5.74) is 3.14. The number of aryl methyl sites for hydroxylation is 1. The standard InChI is InChI=1S/C29H35N3O4S/c1-5-26(29(34)30-4)31(20-19-24-14-8-6-9-15-24)28(33)21-32(27-18-12-13-22(2)23(27)3)37(35,36)25-16-10-7-11-17-25/h6-18,26H,5,19-21H2,1-4H3,(H,30,34)/t26-/m1/s1. The van der Waals surface area contributed by atoms with E-state index >= 15 is 0 Å². The zero-order valence-corrected chi connectivity index (χ0v) is 22.7. The summed E-state index contributed by atoms with van der Waals surface area (Å²) in [7, 11) is -2.53. The molecule has 3 rings (SSSR count). The lowest BCUT2D eigenvalue weighted by molar-refractivity contribution is -0.139. The third kappa shape index (κ3) is 6.57. The molecule has 0 saturated carbocycles. The van der Waals surface area contributed by atoms with Crippen molar-refractivity contribution in [2.45, 2.75) is 44.6 Å². The first-order chi connectivity index (χ1) is 17.7. The highest BCUT2D eigenvalue weighted by Gasteiger charge is 2.33. The minimum atomic E-state index is -4.06. The number of carbonyl (C=O) groups excluding carboxylic acids is 2. The predicted molar refractivity (Wildman–Crippen MR) is 147 cm³/mol. The first kappa shape index (κ1) is 27.9. The highest BCUT2D eigenvalue weighted by Crippen LogP contribution is 2.29. The van der Waals surface area contributed by atoms with Crippen LogP contribution in [0.15, 0.2) is 83.8 Å². The van der Waals surface area contributed by atoms with E-state index in [-0.39, 0.29) is 17.3 Å². The summed E-state index contributed by atoms with van der Waals surface area (Å²) < 4.78 is 28.8. The smallest absolute Gasteiger partial charge is 0.264 e. The second-order valence-electron chi connectivity index (χ2n) is 8.90. The Bertz CT molecular complexity index is 1310. The van der Waals surface area contributed by atoms with E-state index in [0.29, 0.717) is 18.5 Å². The first-order valence-electron chi connectivity index (χ1n) is 12.4. The largest absolute Gasteiger partial charge is 0.357 e. The van der Waals surface area contributed by atoms with Gasteiger partial charge in [-0.05, 0) is 61.6 Å². The Labute approximate surface area is 220 Å². The number of sulfonamides is 1. The van der Waals surface area contributed by atoms with E-state index in [1.54, 1.807) is 30.3 Å². The van der Waals surface area contributed by atoms with Crippen LogP contribution in [-0.4, -0.2) is 51.3 Å². The molecule has 7 nitrogen and oxygen atoms in total. The maximum atomic E-state index is 13.9. The van der Waals surface area contributed by atoms with Crippen LogP contribution < -0.4 is 9.62 Å². The number of rotatable bonds is 11. The molecule has 0 aromatic heterocycles. The molecule has 2 amide bonds. The topological polar surface area (TPSA) is 86.8 Å². The molecule has 8 heteroatoms. The first-order valence-corrected chi connectivity index (χ1v) is 13.8. The van der Waals surface area contributed by atoms with Crippen LogP contribution in [-0.2, 0) is 26.0 Å². The van der Waals surface area contributed by atoms with Crippen molar-refractivity contribution >= 4 is 27.5 Å². The van der Waals surface area contributed by atoms with Gasteiger partial charge in [-0.25, -0.2) is 8.42 Å². The van der Waals surface area contributed by atoms with Gasteiger partial charge in [-0.3, -0.25) is 13.9 Å². The monoisotopic (exact) mass is 521 g/mol. The number of hydrogen-bond acceptors (Lipinski definition) is 4. The molecular weight excluding hydrogens is 486 g/mol. The Morgan fingerprint density at radius 2 is 1.51 bits per heavy atom. The summed E-state index contributed by atoms with van der Waals surface area (Å²) in [6, 6.07) is 22.4. The molecule has 0 aliphatic rings. The van der Waals surface area contributed by atoms with Crippen LogP contribution in [0.25, 0.3) is 0 Å². The fourth-order valence-corrected chi connectivity index (χ4v) is 5.79. The SMILES string of the molecule is CC[C@H](C(=O)NC)N(CCc1ccccc1)C(=O)CN(c1cccc(C)c1C)S(=O)(=O)c1ccccc1. The minimum absolute atomic E-state index is 0.0953. The number of nitrogens with one attached hydrogen (secondary N) is 1. The molecule has 3 aromatic carbocycles. The number of likely N-dealkylation sites (N-methyl/N-ethyl adjacent to an activating group) is 1. The molecule has 0 spiro atoms. The van der Waals surface area contributed by atoms with E-state index < -0.39 is 28.5 Å². The summed E-state index contributed by atoms with van der Waals surface area (Å²) in [6.07, 6.45) is 0.935. The Balaban J connectivity index is 2.03. The second-order valence-corrected chi connectivity index (χ2v) is 10.8. The van der Waals surface area contributed by atoms with Crippen molar-refractivity contribution in [1.82, 2.24) is 10.2 Å². The third-order valence-corrected chi connectivity index (χ3v) is 8.35. The van der Waals surface area contributed by atoms with Crippen LogP contribution >= 0.6 is 0 Å². The van der Waals surface area contributed by atoms with E-state index in [9.17, 15) is 18.0 Å². The normalized spacial score (nSPS) is 12.0. The summed E-state index contributed by atoms with van der Waals surface area (Å²) in [6.45, 7) is 5.44. The van der Waals surface area contributed by atoms with Crippen LogP contribution in [0.5, 0.6) is 0 Å². The molecule has 0 fully saturated rings. The van der Waals surface area contributed by atoms with E-state index in [2.05, 4.69) is 5.32 Å². The minimum Gasteiger partial charge on any atom is -0.357 e. The van der Waals surface area contributed by atoms with Gasteiger partial charge < -0.3 is 10.2 Å². The third-order valence-electron chi connectivity index (χ3n) is 6.57. The predicted octanol–water partition coefficient (Wildman–Crippen LogP) is 4.09. The van der Waals surface area contributed by atoms with Gasteiger partial charge in [0.1, 0.15) is 12.6 Å². The molecule has 196 valence electrons. The average molecular weight is 522 g/mol. The van der Waals surface area contributed by atoms with Gasteiger partial charge in [0, 0.05) is 13.6 Å². The highest BCUT2D eigenvalue weighted by molar-refractivity contribution is 7.92. The molecule has 3 aromatic rings. The zero-order valence-electron chi connectivity index (χ0n) is 21.8. The van der Waals surface area contributed by atoms with Gasteiger partial charge in [0.25, 0.3) is 10.0 Å². The molecule has 0 unspecified atom stereocenters. The number of carbonyl (C=O) groups is 2. The van der Waals surface area contributed by atoms with Gasteiger partial charge in [0.2, 0.25) is 11.8 Å². The summed E-state index contributed by atoms with van der Waals surface area (Å²) in [5, 5.41) is 2.64. The van der Waals surface area contributed by atoms with Crippen LogP contribution in [0, 0.1) is 13.8 Å². The Hall–Kier alpha value is -3.65. The molecular formula is C29H35N3O4S. The molecule has 37 heavy (non-hydrogen) atoms. The Morgan fingerprint density at radius 1 is 0.892 bits per heavy atom. The molecule has 0 aliphatic heterocycles. The molecule has 0 aliphatic carbocycles. The van der Waals surface area contributed by atoms with E-state index in [1.165, 1.54) is 28.4 Å². The molecule has 0 radical (unpaired) electrons. The molecule has 0 heterocycles. The number of hydrogen-bond donors (Lipinski definition) is 1. The van der Waals surface area contributed by atoms with Crippen molar-refractivity contribution in [2.75, 3.05) is 24.4 Å². The van der Waals surface area contributed by atoms with Gasteiger partial charge >= 0.3 is 0 Å². The highest BCUT2D eigenvalue weighted by atomic mass is 32.2. The lowest BCUT2D eigenvalue weighted by Gasteiger charge is -2.33. The summed E-state index contributed by atoms with van der Waals surface area (Å²) in [5.74, 6) is -0.722. The molecule has 1 atom stereocenters. The number of nitrogens with zero attached hydrogens (tertiary/aromatic N) is 2. The van der Waals surface area contributed by atoms with Crippen molar-refractivity contribution < 1.29 is 18.0 Å². The number of anilines is 1. The fraction of sp³-hybridized carbons (Fsp3) is 0.310. The summed E-state index contributed by atoms with van der Waals surface area (Å²) in [4.78, 5) is 28.2. The van der Waals surface area contributed by atoms with Gasteiger partial charge in [0.15, 0.2) is 0 Å². The maximum absolute atomic E-state index is 13.9. The van der Waals surface area contributed by atoms with E-state index in [0.717, 1.165) is 16.7 Å². The van der Waals surface area contributed by atoms with Crippen LogP contribution in [0.4, 0.5) is 5.69 Å². The van der Waals surface area contributed by atoms with Gasteiger partial charge in [-0.2, -0.15) is 0 Å². The van der Waals surface area contributed by atoms with Crippen LogP contribution in [0.3, 0.4) is 0 Å². The maximum Gasteiger partial charge on any atom is 0.264 e. The molecule has 0 saturated heterocycles. The Kier molecular flexibility index (Phi) is 9.47. The summed E-state index contributed by atoms with van der Waals surface area (Å²) >= 11 is 0.